The zero-order chi connectivity index (χ0) is 17.4. The molecule has 0 N–H and O–H groups in total. The van der Waals surface area contributed by atoms with E-state index in [0.29, 0.717) is 18.7 Å². The van der Waals surface area contributed by atoms with Crippen LogP contribution in [-0.4, -0.2) is 33.6 Å². The van der Waals surface area contributed by atoms with E-state index in [-0.39, 0.29) is 18.5 Å². The Kier molecular flexibility index (Phi) is 6.33. The van der Waals surface area contributed by atoms with Crippen molar-refractivity contribution in [1.82, 2.24) is 15.0 Å². The van der Waals surface area contributed by atoms with Crippen LogP contribution in [0, 0.1) is 5.92 Å². The van der Waals surface area contributed by atoms with E-state index >= 15 is 0 Å². The topological polar surface area (TPSA) is 106 Å². The largest absolute Gasteiger partial charge is 0.465 e. The minimum Gasteiger partial charge on any atom is -0.465 e. The second-order valence-corrected chi connectivity index (χ2v) is 5.74. The number of carbonyl (C=O) groups is 1. The average molecular weight is 328 g/mol. The molecule has 0 saturated heterocycles. The summed E-state index contributed by atoms with van der Waals surface area (Å²) in [5, 5.41) is 11.8. The molecule has 0 unspecified atom stereocenters. The van der Waals surface area contributed by atoms with E-state index in [1.54, 1.807) is 24.7 Å². The van der Waals surface area contributed by atoms with Crippen molar-refractivity contribution in [2.45, 2.75) is 32.9 Å². The molecule has 0 aliphatic rings. The highest BCUT2D eigenvalue weighted by molar-refractivity contribution is 5.71. The third kappa shape index (κ3) is 5.40. The molecule has 8 heteroatoms. The van der Waals surface area contributed by atoms with Gasteiger partial charge in [0, 0.05) is 17.5 Å². The molecule has 0 radical (unpaired) electrons. The van der Waals surface area contributed by atoms with E-state index < -0.39 is 6.04 Å². The fourth-order valence-electron chi connectivity index (χ4n) is 2.07. The van der Waals surface area contributed by atoms with E-state index in [4.69, 9.17) is 10.3 Å². The Morgan fingerprint density at radius 3 is 2.79 bits per heavy atom. The van der Waals surface area contributed by atoms with Crippen molar-refractivity contribution >= 4 is 5.97 Å². The first-order valence-electron chi connectivity index (χ1n) is 7.72. The van der Waals surface area contributed by atoms with Gasteiger partial charge in [0.25, 0.3) is 0 Å². The smallest absolute Gasteiger partial charge is 0.308 e. The first kappa shape index (κ1) is 17.5. The molecule has 1 aromatic carbocycles. The number of ether oxygens (including phenoxy) is 1. The van der Waals surface area contributed by atoms with Gasteiger partial charge in [0.1, 0.15) is 6.61 Å². The molecule has 0 saturated carbocycles. The first-order chi connectivity index (χ1) is 11.6. The van der Waals surface area contributed by atoms with Crippen molar-refractivity contribution < 1.29 is 9.53 Å². The van der Waals surface area contributed by atoms with Crippen LogP contribution in [0.3, 0.4) is 0 Å². The lowest BCUT2D eigenvalue weighted by Gasteiger charge is -2.11. The van der Waals surface area contributed by atoms with Crippen LogP contribution in [-0.2, 0) is 22.5 Å². The van der Waals surface area contributed by atoms with Crippen LogP contribution in [0.25, 0.3) is 10.4 Å². The quantitative estimate of drug-likeness (QED) is 0.321. The molecular formula is C16H20N6O2. The van der Waals surface area contributed by atoms with Crippen LogP contribution < -0.4 is 0 Å². The highest BCUT2D eigenvalue weighted by Gasteiger charge is 2.15. The number of carbonyl (C=O) groups excluding carboxylic acids is 1. The summed E-state index contributed by atoms with van der Waals surface area (Å²) in [6, 6.07) is 9.41. The summed E-state index contributed by atoms with van der Waals surface area (Å²) in [5.41, 5.74) is 10.5. The molecule has 0 spiro atoms. The fourth-order valence-corrected chi connectivity index (χ4v) is 2.07. The minimum absolute atomic E-state index is 0.0343. The van der Waals surface area contributed by atoms with Gasteiger partial charge >= 0.3 is 5.97 Å². The monoisotopic (exact) mass is 328 g/mol. The summed E-state index contributed by atoms with van der Waals surface area (Å²) in [7, 11) is 0. The number of benzene rings is 1. The second kappa shape index (κ2) is 8.69. The zero-order valence-electron chi connectivity index (χ0n) is 13.7. The minimum atomic E-state index is -0.500. The van der Waals surface area contributed by atoms with Gasteiger partial charge in [-0.3, -0.25) is 4.79 Å². The van der Waals surface area contributed by atoms with Crippen molar-refractivity contribution in [1.29, 1.82) is 0 Å². The Morgan fingerprint density at radius 2 is 2.12 bits per heavy atom. The predicted molar refractivity (Wildman–Crippen MR) is 88.0 cm³/mol. The lowest BCUT2D eigenvalue weighted by molar-refractivity contribution is -0.147. The van der Waals surface area contributed by atoms with Crippen LogP contribution in [0.1, 0.15) is 25.1 Å². The van der Waals surface area contributed by atoms with Crippen LogP contribution >= 0.6 is 0 Å². The van der Waals surface area contributed by atoms with Crippen molar-refractivity contribution in [3.05, 3.63) is 58.2 Å². The molecule has 0 aliphatic carbocycles. The molecular weight excluding hydrogens is 308 g/mol. The van der Waals surface area contributed by atoms with Crippen molar-refractivity contribution in [3.8, 4) is 0 Å². The standard InChI is InChI=1S/C16H20N6O2/c1-12(2)16(23)24-11-15(18-20-17)8-14-10-22(21-19-14)9-13-6-4-3-5-7-13/h3-7,10,12,15H,8-9,11H2,1-2H3/t15-/m0/s1. The maximum atomic E-state index is 11.5. The Balaban J connectivity index is 1.95. The van der Waals surface area contributed by atoms with Gasteiger partial charge in [-0.15, -0.1) is 5.10 Å². The predicted octanol–water partition coefficient (Wildman–Crippen LogP) is 2.75. The van der Waals surface area contributed by atoms with Crippen LogP contribution in [0.5, 0.6) is 0 Å². The lowest BCUT2D eigenvalue weighted by atomic mass is 10.2. The Morgan fingerprint density at radius 1 is 1.38 bits per heavy atom. The summed E-state index contributed by atoms with van der Waals surface area (Å²) in [4.78, 5) is 14.3. The summed E-state index contributed by atoms with van der Waals surface area (Å²) in [5.74, 6) is -0.538. The summed E-state index contributed by atoms with van der Waals surface area (Å²) >= 11 is 0. The SMILES string of the molecule is CC(C)C(=O)OC[C@H](Cc1cn(Cc2ccccc2)nn1)N=[N+]=[N-]. The maximum Gasteiger partial charge on any atom is 0.308 e. The summed E-state index contributed by atoms with van der Waals surface area (Å²) in [6.07, 6.45) is 2.17. The van der Waals surface area contributed by atoms with Gasteiger partial charge < -0.3 is 4.74 Å². The number of esters is 1. The molecule has 1 atom stereocenters. The number of hydrogen-bond acceptors (Lipinski definition) is 5. The van der Waals surface area contributed by atoms with Crippen LogP contribution in [0.2, 0.25) is 0 Å². The van der Waals surface area contributed by atoms with Gasteiger partial charge in [-0.25, -0.2) is 4.68 Å². The van der Waals surface area contributed by atoms with E-state index in [9.17, 15) is 4.79 Å². The van der Waals surface area contributed by atoms with Gasteiger partial charge in [-0.1, -0.05) is 54.5 Å². The van der Waals surface area contributed by atoms with E-state index in [1.807, 2.05) is 30.3 Å². The van der Waals surface area contributed by atoms with Crippen molar-refractivity contribution in [2.75, 3.05) is 6.61 Å². The highest BCUT2D eigenvalue weighted by Crippen LogP contribution is 2.07. The maximum absolute atomic E-state index is 11.5. The molecule has 2 rings (SSSR count). The third-order valence-corrected chi connectivity index (χ3v) is 3.32. The van der Waals surface area contributed by atoms with E-state index in [1.165, 1.54) is 0 Å². The van der Waals surface area contributed by atoms with E-state index in [2.05, 4.69) is 20.3 Å². The van der Waals surface area contributed by atoms with Crippen molar-refractivity contribution in [3.63, 3.8) is 0 Å². The van der Waals surface area contributed by atoms with Gasteiger partial charge in [0.15, 0.2) is 0 Å². The van der Waals surface area contributed by atoms with Crippen LogP contribution in [0.15, 0.2) is 41.6 Å². The number of hydrogen-bond donors (Lipinski definition) is 0. The van der Waals surface area contributed by atoms with Gasteiger partial charge in [0.2, 0.25) is 0 Å². The van der Waals surface area contributed by atoms with Gasteiger partial charge in [0.05, 0.1) is 24.2 Å². The molecule has 0 bridgehead atoms. The summed E-state index contributed by atoms with van der Waals surface area (Å²) < 4.78 is 6.85. The Labute approximate surface area is 140 Å². The molecule has 0 aliphatic heterocycles. The number of azide groups is 1. The normalized spacial score (nSPS) is 11.8. The van der Waals surface area contributed by atoms with Gasteiger partial charge in [-0.2, -0.15) is 0 Å². The highest BCUT2D eigenvalue weighted by atomic mass is 16.5. The van der Waals surface area contributed by atoms with E-state index in [0.717, 1.165) is 5.56 Å². The molecule has 8 nitrogen and oxygen atoms in total. The second-order valence-electron chi connectivity index (χ2n) is 5.74. The first-order valence-corrected chi connectivity index (χ1v) is 7.72. The molecule has 126 valence electrons. The van der Waals surface area contributed by atoms with Crippen LogP contribution in [0.4, 0.5) is 0 Å². The fraction of sp³-hybridized carbons (Fsp3) is 0.438. The number of rotatable bonds is 8. The molecule has 24 heavy (non-hydrogen) atoms. The number of nitrogens with zero attached hydrogens (tertiary/aromatic N) is 6. The molecule has 1 aromatic heterocycles. The molecule has 0 fully saturated rings. The molecule has 2 aromatic rings. The van der Waals surface area contributed by atoms with Gasteiger partial charge in [-0.05, 0) is 11.1 Å². The third-order valence-electron chi connectivity index (χ3n) is 3.32. The Hall–Kier alpha value is -2.86. The molecule has 1 heterocycles. The van der Waals surface area contributed by atoms with Crippen molar-refractivity contribution in [2.24, 2.45) is 11.0 Å². The lowest BCUT2D eigenvalue weighted by Crippen LogP contribution is -2.21. The zero-order valence-corrected chi connectivity index (χ0v) is 13.7. The average Bonchev–Trinajstić information content (AvgIpc) is 3.00. The summed E-state index contributed by atoms with van der Waals surface area (Å²) in [6.45, 7) is 4.15. The number of aromatic nitrogens is 3. The Bertz CT molecular complexity index is 706. The molecule has 0 amide bonds.